The Morgan fingerprint density at radius 3 is 1.75 bits per heavy atom. The highest BCUT2D eigenvalue weighted by Gasteiger charge is 2.16. The molecule has 11 heteroatoms. The van der Waals surface area contributed by atoms with Crippen molar-refractivity contribution in [3.05, 3.63) is 83.5 Å². The molecule has 0 fully saturated rings. The van der Waals surface area contributed by atoms with Crippen LogP contribution in [0.15, 0.2) is 61.0 Å². The van der Waals surface area contributed by atoms with E-state index >= 15 is 0 Å². The highest BCUT2D eigenvalue weighted by atomic mass is 35.5. The molecule has 0 N–H and O–H groups in total. The van der Waals surface area contributed by atoms with E-state index in [1.54, 1.807) is 6.07 Å². The van der Waals surface area contributed by atoms with Crippen LogP contribution in [-0.4, -0.2) is 15.0 Å². The van der Waals surface area contributed by atoms with Crippen LogP contribution in [-0.2, 0) is 0 Å². The number of pyridine rings is 1. The van der Waals surface area contributed by atoms with Crippen LogP contribution >= 0.6 is 46.4 Å². The summed E-state index contributed by atoms with van der Waals surface area (Å²) in [7, 11) is 0. The van der Waals surface area contributed by atoms with Crippen LogP contribution in [0.1, 0.15) is 0 Å². The Morgan fingerprint density at radius 2 is 1.22 bits per heavy atom. The zero-order valence-corrected chi connectivity index (χ0v) is 18.6. The van der Waals surface area contributed by atoms with Gasteiger partial charge in [-0.25, -0.2) is 19.6 Å². The molecule has 0 aliphatic heterocycles. The van der Waals surface area contributed by atoms with Gasteiger partial charge in [0.05, 0.1) is 26.4 Å². The van der Waals surface area contributed by atoms with Crippen molar-refractivity contribution in [2.24, 2.45) is 0 Å². The van der Waals surface area contributed by atoms with E-state index in [0.29, 0.717) is 15.6 Å². The van der Waals surface area contributed by atoms with E-state index in [1.807, 2.05) is 0 Å². The molecule has 5 aromatic rings. The Balaban J connectivity index is 1.59. The Kier molecular flexibility index (Phi) is 5.14. The maximum Gasteiger partial charge on any atom is 0.347 e. The molecule has 5 rings (SSSR count). The summed E-state index contributed by atoms with van der Waals surface area (Å²) in [5.74, 6) is -0.0275. The van der Waals surface area contributed by atoms with Crippen LogP contribution < -0.4 is 11.3 Å². The summed E-state index contributed by atoms with van der Waals surface area (Å²) >= 11 is 24.2. The number of fused-ring (bicyclic) bond motifs is 2. The predicted octanol–water partition coefficient (Wildman–Crippen LogP) is 6.03. The lowest BCUT2D eigenvalue weighted by Gasteiger charge is -2.05. The molecule has 2 aromatic carbocycles. The van der Waals surface area contributed by atoms with Gasteiger partial charge in [-0.05, 0) is 36.4 Å². The van der Waals surface area contributed by atoms with Crippen LogP contribution in [0.5, 0.6) is 0 Å². The molecule has 0 saturated heterocycles. The molecule has 0 aliphatic carbocycles. The van der Waals surface area contributed by atoms with E-state index in [0.717, 1.165) is 0 Å². The molecular formula is C21H7Cl4N3O4. The number of hydrogen-bond donors (Lipinski definition) is 0. The summed E-state index contributed by atoms with van der Waals surface area (Å²) in [5.41, 5.74) is -0.159. The third-order valence-electron chi connectivity index (χ3n) is 4.53. The van der Waals surface area contributed by atoms with Crippen molar-refractivity contribution < 1.29 is 8.83 Å². The molecular weight excluding hydrogens is 500 g/mol. The molecule has 0 spiro atoms. The number of benzene rings is 2. The molecule has 158 valence electrons. The fourth-order valence-electron chi connectivity index (χ4n) is 3.08. The van der Waals surface area contributed by atoms with Gasteiger partial charge in [0.1, 0.15) is 16.7 Å². The molecule has 0 bridgehead atoms. The maximum atomic E-state index is 12.4. The minimum atomic E-state index is -0.657. The Morgan fingerprint density at radius 1 is 0.688 bits per heavy atom. The van der Waals surface area contributed by atoms with Gasteiger partial charge < -0.3 is 8.83 Å². The van der Waals surface area contributed by atoms with Crippen molar-refractivity contribution in [2.45, 2.75) is 0 Å². The quantitative estimate of drug-likeness (QED) is 0.288. The first-order chi connectivity index (χ1) is 15.3. The van der Waals surface area contributed by atoms with Crippen LogP contribution in [0.2, 0.25) is 20.1 Å². The van der Waals surface area contributed by atoms with Crippen molar-refractivity contribution in [1.82, 2.24) is 15.0 Å². The van der Waals surface area contributed by atoms with E-state index in [2.05, 4.69) is 15.0 Å². The molecule has 3 heterocycles. The summed E-state index contributed by atoms with van der Waals surface area (Å²) in [6.45, 7) is 0. The van der Waals surface area contributed by atoms with E-state index in [9.17, 15) is 9.59 Å². The summed E-state index contributed by atoms with van der Waals surface area (Å²) < 4.78 is 10.6. The first-order valence-corrected chi connectivity index (χ1v) is 10.4. The molecule has 7 nitrogen and oxygen atoms in total. The van der Waals surface area contributed by atoms with Gasteiger partial charge >= 0.3 is 11.3 Å². The molecule has 0 aliphatic rings. The molecule has 0 atom stereocenters. The largest absolute Gasteiger partial charge is 0.403 e. The first kappa shape index (κ1) is 20.9. The monoisotopic (exact) mass is 505 g/mol. The molecule has 0 unspecified atom stereocenters. The lowest BCUT2D eigenvalue weighted by molar-refractivity contribution is 0.514. The standard InChI is InChI=1S/C21H7Cl4N3O4/c22-9-3-11-16(13(24)5-9)27-18(31-20(11)29)8-1-2-15(26-7-8)19-28-17-12(21(30)32-19)4-10(23)6-14(17)25/h1-7H. The number of aromatic nitrogens is 3. The first-order valence-electron chi connectivity index (χ1n) is 8.87. The number of rotatable bonds is 2. The average molecular weight is 507 g/mol. The van der Waals surface area contributed by atoms with E-state index < -0.39 is 11.3 Å². The Hall–Kier alpha value is -2.97. The van der Waals surface area contributed by atoms with Gasteiger partial charge in [0.15, 0.2) is 0 Å². The van der Waals surface area contributed by atoms with Gasteiger partial charge in [0.2, 0.25) is 11.8 Å². The second kappa shape index (κ2) is 7.86. The summed E-state index contributed by atoms with van der Waals surface area (Å²) in [6.07, 6.45) is 1.39. The normalized spacial score (nSPS) is 11.4. The third-order valence-corrected chi connectivity index (χ3v) is 5.54. The second-order valence-electron chi connectivity index (χ2n) is 6.61. The van der Waals surface area contributed by atoms with Crippen LogP contribution in [0.4, 0.5) is 0 Å². The lowest BCUT2D eigenvalue weighted by atomic mass is 10.2. The lowest BCUT2D eigenvalue weighted by Crippen LogP contribution is -2.05. The van der Waals surface area contributed by atoms with Gasteiger partial charge in [0, 0.05) is 16.2 Å². The van der Waals surface area contributed by atoms with E-state index in [-0.39, 0.29) is 49.3 Å². The van der Waals surface area contributed by atoms with Crippen molar-refractivity contribution in [3.63, 3.8) is 0 Å². The third kappa shape index (κ3) is 3.63. The topological polar surface area (TPSA) is 99.1 Å². The Labute approximate surface area is 198 Å². The molecule has 0 saturated carbocycles. The molecule has 32 heavy (non-hydrogen) atoms. The van der Waals surface area contributed by atoms with Crippen molar-refractivity contribution in [3.8, 4) is 23.0 Å². The van der Waals surface area contributed by atoms with Gasteiger partial charge in [0.25, 0.3) is 0 Å². The number of hydrogen-bond acceptors (Lipinski definition) is 7. The minimum absolute atomic E-state index is 0.0105. The molecule has 3 aromatic heterocycles. The van der Waals surface area contributed by atoms with Crippen molar-refractivity contribution in [2.75, 3.05) is 0 Å². The Bertz CT molecular complexity index is 1540. The van der Waals surface area contributed by atoms with Gasteiger partial charge in [-0.3, -0.25) is 4.98 Å². The van der Waals surface area contributed by atoms with Gasteiger partial charge in [-0.15, -0.1) is 0 Å². The summed E-state index contributed by atoms with van der Waals surface area (Å²) in [5, 5.41) is 1.32. The van der Waals surface area contributed by atoms with Crippen molar-refractivity contribution >= 4 is 68.2 Å². The fraction of sp³-hybridized carbons (Fsp3) is 0. The van der Waals surface area contributed by atoms with Crippen LogP contribution in [0, 0.1) is 0 Å². The van der Waals surface area contributed by atoms with Gasteiger partial charge in [-0.1, -0.05) is 46.4 Å². The zero-order valence-electron chi connectivity index (χ0n) is 15.5. The van der Waals surface area contributed by atoms with Crippen molar-refractivity contribution in [1.29, 1.82) is 0 Å². The SMILES string of the molecule is O=c1oc(-c2ccc(-c3nc4c(Cl)cc(Cl)cc4c(=O)o3)nc2)nc2c(Cl)cc(Cl)cc12. The number of halogens is 4. The van der Waals surface area contributed by atoms with E-state index in [4.69, 9.17) is 55.2 Å². The zero-order chi connectivity index (χ0) is 22.6. The van der Waals surface area contributed by atoms with Crippen LogP contribution in [0.25, 0.3) is 44.8 Å². The number of nitrogens with zero attached hydrogens (tertiary/aromatic N) is 3. The van der Waals surface area contributed by atoms with Gasteiger partial charge in [-0.2, -0.15) is 0 Å². The fourth-order valence-corrected chi connectivity index (χ4v) is 4.16. The summed E-state index contributed by atoms with van der Waals surface area (Å²) in [4.78, 5) is 37.5. The van der Waals surface area contributed by atoms with E-state index in [1.165, 1.54) is 36.5 Å². The highest BCUT2D eigenvalue weighted by Crippen LogP contribution is 2.29. The van der Waals surface area contributed by atoms with Crippen LogP contribution in [0.3, 0.4) is 0 Å². The maximum absolute atomic E-state index is 12.4. The predicted molar refractivity (Wildman–Crippen MR) is 123 cm³/mol. The molecule has 0 radical (unpaired) electrons. The highest BCUT2D eigenvalue weighted by molar-refractivity contribution is 6.38. The summed E-state index contributed by atoms with van der Waals surface area (Å²) in [6, 6.07) is 8.93. The average Bonchev–Trinajstić information content (AvgIpc) is 2.75. The minimum Gasteiger partial charge on any atom is -0.403 e. The smallest absolute Gasteiger partial charge is 0.347 e. The second-order valence-corrected chi connectivity index (χ2v) is 8.30. The molecule has 0 amide bonds.